The molecule has 3 aromatic carbocycles. The van der Waals surface area contributed by atoms with Gasteiger partial charge < -0.3 is 19.4 Å². The average Bonchev–Trinajstić information content (AvgIpc) is 3.33. The highest BCUT2D eigenvalue weighted by molar-refractivity contribution is 9.10. The van der Waals surface area contributed by atoms with Crippen LogP contribution in [0, 0.1) is 17.5 Å². The largest absolute Gasteiger partial charge is 0.493 e. The van der Waals surface area contributed by atoms with Crippen LogP contribution >= 0.6 is 15.9 Å². The first-order valence-electron chi connectivity index (χ1n) is 10.8. The van der Waals surface area contributed by atoms with E-state index in [1.165, 1.54) is 49.5 Å². The Hall–Kier alpha value is -3.88. The van der Waals surface area contributed by atoms with Crippen LogP contribution in [0.15, 0.2) is 76.5 Å². The number of carbonyl (C=O) groups excluding carboxylic acids is 1. The first-order valence-corrected chi connectivity index (χ1v) is 13.1. The van der Waals surface area contributed by atoms with Gasteiger partial charge in [0.25, 0.3) is 16.0 Å². The van der Waals surface area contributed by atoms with Crippen molar-refractivity contribution in [2.75, 3.05) is 19.5 Å². The molecule has 1 heterocycles. The molecule has 0 saturated carbocycles. The zero-order chi connectivity index (χ0) is 28.7. The van der Waals surface area contributed by atoms with E-state index in [4.69, 9.17) is 14.0 Å². The summed E-state index contributed by atoms with van der Waals surface area (Å²) < 4.78 is 81.7. The van der Waals surface area contributed by atoms with Crippen LogP contribution in [-0.4, -0.2) is 42.6 Å². The summed E-state index contributed by atoms with van der Waals surface area (Å²) in [7, 11) is -1.09. The number of benzene rings is 3. The minimum Gasteiger partial charge on any atom is -0.493 e. The molecule has 206 valence electrons. The Labute approximate surface area is 230 Å². The van der Waals surface area contributed by atoms with E-state index in [2.05, 4.69) is 26.2 Å². The second-order valence-corrected chi connectivity index (χ2v) is 10.1. The molecule has 0 aliphatic rings. The van der Waals surface area contributed by atoms with Gasteiger partial charge in [0.2, 0.25) is 0 Å². The Kier molecular flexibility index (Phi) is 9.72. The van der Waals surface area contributed by atoms with Crippen molar-refractivity contribution < 1.29 is 40.4 Å². The highest BCUT2D eigenvalue weighted by atomic mass is 79.9. The van der Waals surface area contributed by atoms with Gasteiger partial charge >= 0.3 is 0 Å². The van der Waals surface area contributed by atoms with E-state index in [1.54, 1.807) is 24.3 Å². The first-order chi connectivity index (χ1) is 18.4. The molecule has 0 saturated heterocycles. The third-order valence-corrected chi connectivity index (χ3v) is 6.44. The minimum absolute atomic E-state index is 0.0490. The molecule has 0 unspecified atom stereocenters. The van der Waals surface area contributed by atoms with Crippen molar-refractivity contribution >= 4 is 37.8 Å². The maximum Gasteiger partial charge on any atom is 0.294 e. The normalized spacial score (nSPS) is 10.8. The third kappa shape index (κ3) is 8.05. The predicted octanol–water partition coefficient (Wildman–Crippen LogP) is 5.31. The standard InChI is InChI=1S/C19H16F3N3O3.C6H5BrO3S/c1-27-15-4-3-12(7-16(15)28-2)19(26)24-17-9-25(10-23-17)8-11-5-13(20)18(22)14(21)6-11;7-5-1-3-6(4-2-5)11(8,9)10/h3-7,9-10H,8H2,1-2H3,(H,24,26);1-4H,(H,8,9,10). The van der Waals surface area contributed by atoms with Crippen LogP contribution in [0.1, 0.15) is 15.9 Å². The highest BCUT2D eigenvalue weighted by Gasteiger charge is 2.14. The number of halogens is 4. The van der Waals surface area contributed by atoms with Gasteiger partial charge in [-0.25, -0.2) is 18.2 Å². The lowest BCUT2D eigenvalue weighted by Crippen LogP contribution is -2.12. The van der Waals surface area contributed by atoms with Crippen LogP contribution in [0.3, 0.4) is 0 Å². The van der Waals surface area contributed by atoms with Gasteiger partial charge in [0.15, 0.2) is 34.8 Å². The number of methoxy groups -OCH3 is 2. The van der Waals surface area contributed by atoms with Gasteiger partial charge in [-0.1, -0.05) is 15.9 Å². The fourth-order valence-electron chi connectivity index (χ4n) is 3.19. The molecule has 2 N–H and O–H groups in total. The summed E-state index contributed by atoms with van der Waals surface area (Å²) in [5.74, 6) is -3.34. The van der Waals surface area contributed by atoms with Crippen molar-refractivity contribution in [3.63, 3.8) is 0 Å². The van der Waals surface area contributed by atoms with Crippen LogP contribution in [0.5, 0.6) is 11.5 Å². The van der Waals surface area contributed by atoms with E-state index in [9.17, 15) is 26.4 Å². The molecule has 0 radical (unpaired) electrons. The Bertz CT molecular complexity index is 1560. The zero-order valence-electron chi connectivity index (χ0n) is 20.4. The van der Waals surface area contributed by atoms with Crippen molar-refractivity contribution in [1.82, 2.24) is 9.55 Å². The number of hydrogen-bond acceptors (Lipinski definition) is 6. The maximum atomic E-state index is 13.3. The quantitative estimate of drug-likeness (QED) is 0.210. The van der Waals surface area contributed by atoms with Gasteiger partial charge in [0.1, 0.15) is 0 Å². The van der Waals surface area contributed by atoms with Gasteiger partial charge in [-0.15, -0.1) is 0 Å². The maximum absolute atomic E-state index is 13.3. The second-order valence-electron chi connectivity index (χ2n) is 7.76. The molecular formula is C25H21BrF3N3O6S. The van der Waals surface area contributed by atoms with E-state index in [-0.39, 0.29) is 22.8 Å². The molecule has 0 bridgehead atoms. The molecule has 0 aliphatic heterocycles. The van der Waals surface area contributed by atoms with E-state index < -0.39 is 33.5 Å². The molecule has 0 spiro atoms. The molecule has 4 aromatic rings. The molecular weight excluding hydrogens is 607 g/mol. The number of nitrogens with one attached hydrogen (secondary N) is 1. The first kappa shape index (κ1) is 29.7. The van der Waals surface area contributed by atoms with Gasteiger partial charge in [0, 0.05) is 22.8 Å². The second kappa shape index (κ2) is 12.8. The summed E-state index contributed by atoms with van der Waals surface area (Å²) in [6, 6.07) is 12.2. The van der Waals surface area contributed by atoms with Crippen LogP contribution < -0.4 is 14.8 Å². The van der Waals surface area contributed by atoms with Crippen molar-refractivity contribution in [2.45, 2.75) is 11.4 Å². The number of imidazole rings is 1. The van der Waals surface area contributed by atoms with Crippen LogP contribution in [0.2, 0.25) is 0 Å². The Balaban J connectivity index is 0.000000320. The van der Waals surface area contributed by atoms with Crippen LogP contribution in [-0.2, 0) is 16.7 Å². The minimum atomic E-state index is -4.04. The Morgan fingerprint density at radius 2 is 1.62 bits per heavy atom. The van der Waals surface area contributed by atoms with E-state index in [0.29, 0.717) is 17.1 Å². The third-order valence-electron chi connectivity index (χ3n) is 5.04. The van der Waals surface area contributed by atoms with E-state index in [1.807, 2.05) is 0 Å². The van der Waals surface area contributed by atoms with Crippen LogP contribution in [0.4, 0.5) is 19.0 Å². The summed E-state index contributed by atoms with van der Waals surface area (Å²) in [5.41, 5.74) is 0.543. The van der Waals surface area contributed by atoms with Gasteiger partial charge in [0.05, 0.1) is 25.4 Å². The fourth-order valence-corrected chi connectivity index (χ4v) is 3.94. The van der Waals surface area contributed by atoms with Crippen LogP contribution in [0.25, 0.3) is 0 Å². The summed E-state index contributed by atoms with van der Waals surface area (Å²) in [5, 5.41) is 2.61. The fraction of sp³-hybridized carbons (Fsp3) is 0.120. The monoisotopic (exact) mass is 627 g/mol. The SMILES string of the molecule is COc1ccc(C(=O)Nc2cn(Cc3cc(F)c(F)c(F)c3)cn2)cc1OC.O=S(=O)(O)c1ccc(Br)cc1. The number of hydrogen-bond donors (Lipinski definition) is 2. The Morgan fingerprint density at radius 3 is 2.18 bits per heavy atom. The van der Waals surface area contributed by atoms with Gasteiger partial charge in [-0.2, -0.15) is 8.42 Å². The number of nitrogens with zero attached hydrogens (tertiary/aromatic N) is 2. The van der Waals surface area contributed by atoms with Gasteiger partial charge in [-0.3, -0.25) is 9.35 Å². The molecule has 0 aliphatic carbocycles. The summed E-state index contributed by atoms with van der Waals surface area (Å²) >= 11 is 3.14. The summed E-state index contributed by atoms with van der Waals surface area (Å²) in [4.78, 5) is 16.3. The molecule has 39 heavy (non-hydrogen) atoms. The lowest BCUT2D eigenvalue weighted by molar-refractivity contribution is 0.102. The number of ether oxygens (including phenoxy) is 2. The smallest absolute Gasteiger partial charge is 0.294 e. The summed E-state index contributed by atoms with van der Waals surface area (Å²) in [6.07, 6.45) is 2.86. The number of rotatable bonds is 7. The molecule has 1 aromatic heterocycles. The van der Waals surface area contributed by atoms with E-state index in [0.717, 1.165) is 16.6 Å². The van der Waals surface area contributed by atoms with Crippen molar-refractivity contribution in [3.8, 4) is 11.5 Å². The zero-order valence-corrected chi connectivity index (χ0v) is 22.8. The number of amides is 1. The molecule has 1 amide bonds. The topological polar surface area (TPSA) is 120 Å². The van der Waals surface area contributed by atoms with Gasteiger partial charge in [-0.05, 0) is 60.2 Å². The number of carbonyl (C=O) groups is 1. The molecule has 0 atom stereocenters. The van der Waals surface area contributed by atoms with Crippen molar-refractivity contribution in [1.29, 1.82) is 0 Å². The molecule has 9 nitrogen and oxygen atoms in total. The number of aromatic nitrogens is 2. The lowest BCUT2D eigenvalue weighted by Gasteiger charge is -2.09. The van der Waals surface area contributed by atoms with E-state index >= 15 is 0 Å². The number of anilines is 1. The predicted molar refractivity (Wildman–Crippen MR) is 139 cm³/mol. The van der Waals surface area contributed by atoms with Crippen molar-refractivity contribution in [3.05, 3.63) is 100 Å². The Morgan fingerprint density at radius 1 is 1.00 bits per heavy atom. The lowest BCUT2D eigenvalue weighted by atomic mass is 10.2. The summed E-state index contributed by atoms with van der Waals surface area (Å²) in [6.45, 7) is 0.0490. The molecule has 4 rings (SSSR count). The molecule has 0 fully saturated rings. The highest BCUT2D eigenvalue weighted by Crippen LogP contribution is 2.28. The average molecular weight is 628 g/mol. The molecule has 14 heteroatoms. The van der Waals surface area contributed by atoms with Crippen molar-refractivity contribution in [2.24, 2.45) is 0 Å².